The molecule has 1 aromatic rings. The Morgan fingerprint density at radius 3 is 2.61 bits per heavy atom. The van der Waals surface area contributed by atoms with Crippen LogP contribution in [-0.2, 0) is 25.7 Å². The lowest BCUT2D eigenvalue weighted by atomic mass is 9.95. The predicted molar refractivity (Wildman–Crippen MR) is 146 cm³/mol. The third kappa shape index (κ3) is 7.05. The van der Waals surface area contributed by atoms with Crippen LogP contribution in [0.25, 0.3) is 0 Å². The molecule has 1 aliphatic carbocycles. The van der Waals surface area contributed by atoms with Crippen molar-refractivity contribution < 1.29 is 29.3 Å². The van der Waals surface area contributed by atoms with Gasteiger partial charge in [0.15, 0.2) is 0 Å². The molecule has 228 valence electrons. The fourth-order valence-corrected chi connectivity index (χ4v) is 6.49. The van der Waals surface area contributed by atoms with Crippen molar-refractivity contribution in [3.8, 4) is 0 Å². The van der Waals surface area contributed by atoms with Gasteiger partial charge >= 0.3 is 0 Å². The zero-order chi connectivity index (χ0) is 29.1. The van der Waals surface area contributed by atoms with Crippen LogP contribution in [0.3, 0.4) is 0 Å². The molecule has 3 amide bonds. The van der Waals surface area contributed by atoms with Crippen molar-refractivity contribution >= 4 is 17.7 Å². The van der Waals surface area contributed by atoms with Crippen LogP contribution < -0.4 is 10.6 Å². The van der Waals surface area contributed by atoms with Crippen LogP contribution in [0.4, 0.5) is 0 Å². The van der Waals surface area contributed by atoms with Crippen LogP contribution in [0.5, 0.6) is 0 Å². The lowest BCUT2D eigenvalue weighted by Gasteiger charge is -2.39. The van der Waals surface area contributed by atoms with E-state index in [1.54, 1.807) is 9.58 Å². The molecule has 41 heavy (non-hydrogen) atoms. The number of carbonyl (C=O) groups excluding carboxylic acids is 3. The smallest absolute Gasteiger partial charge is 0.242 e. The second kappa shape index (κ2) is 13.1. The van der Waals surface area contributed by atoms with Crippen LogP contribution in [0.2, 0.25) is 0 Å². The molecule has 4 fully saturated rings. The van der Waals surface area contributed by atoms with E-state index < -0.39 is 30.5 Å². The van der Waals surface area contributed by atoms with Crippen LogP contribution in [0.1, 0.15) is 56.7 Å². The molecule has 0 radical (unpaired) electrons. The highest BCUT2D eigenvalue weighted by Crippen LogP contribution is 2.29. The van der Waals surface area contributed by atoms with Crippen molar-refractivity contribution in [2.45, 2.75) is 94.0 Å². The van der Waals surface area contributed by atoms with E-state index >= 15 is 0 Å². The van der Waals surface area contributed by atoms with Gasteiger partial charge in [-0.25, -0.2) is 4.68 Å². The van der Waals surface area contributed by atoms with Gasteiger partial charge < -0.3 is 40.3 Å². The number of rotatable bonds is 7. The second-order valence-electron chi connectivity index (χ2n) is 12.1. The fraction of sp³-hybridized carbons (Fsp3) is 0.815. The SMILES string of the molecule is CN(C)Cc1cn([C@@H]2CCN3C(=O)CN(CCNC4CCCC4)C(=O)C[C@@H]4O[C@H](CNC(=O)[C@@H]3C2)C(O)C4O)nn1. The summed E-state index contributed by atoms with van der Waals surface area (Å²) in [6, 6.07) is -0.520. The summed E-state index contributed by atoms with van der Waals surface area (Å²) in [6.45, 7) is 1.60. The number of aliphatic hydroxyl groups is 2. The van der Waals surface area contributed by atoms with Crippen LogP contribution in [0.15, 0.2) is 6.20 Å². The van der Waals surface area contributed by atoms with Gasteiger partial charge in [-0.15, -0.1) is 5.10 Å². The molecule has 5 rings (SSSR count). The van der Waals surface area contributed by atoms with Crippen molar-refractivity contribution in [3.63, 3.8) is 0 Å². The highest BCUT2D eigenvalue weighted by atomic mass is 16.5. The van der Waals surface area contributed by atoms with E-state index in [2.05, 4.69) is 20.9 Å². The quantitative estimate of drug-likeness (QED) is 0.292. The minimum absolute atomic E-state index is 0.0454. The molecule has 6 atom stereocenters. The van der Waals surface area contributed by atoms with E-state index in [9.17, 15) is 24.6 Å². The number of fused-ring (bicyclic) bond motifs is 3. The summed E-state index contributed by atoms with van der Waals surface area (Å²) in [5.41, 5.74) is 0.814. The summed E-state index contributed by atoms with van der Waals surface area (Å²) >= 11 is 0. The number of hydrogen-bond donors (Lipinski definition) is 4. The average molecular weight is 577 g/mol. The Kier molecular flexibility index (Phi) is 9.54. The van der Waals surface area contributed by atoms with Gasteiger partial charge in [-0.05, 0) is 39.8 Å². The Balaban J connectivity index is 1.34. The summed E-state index contributed by atoms with van der Waals surface area (Å²) in [5.74, 6) is -0.995. The van der Waals surface area contributed by atoms with E-state index in [4.69, 9.17) is 4.74 Å². The summed E-state index contributed by atoms with van der Waals surface area (Å²) < 4.78 is 7.61. The average Bonchev–Trinajstić information content (AvgIpc) is 3.69. The maximum absolute atomic E-state index is 13.7. The van der Waals surface area contributed by atoms with E-state index in [1.165, 1.54) is 17.7 Å². The Morgan fingerprint density at radius 2 is 1.85 bits per heavy atom. The molecule has 3 aliphatic heterocycles. The number of hydrogen-bond acceptors (Lipinski definition) is 10. The number of aliphatic hydroxyl groups excluding tert-OH is 2. The Bertz CT molecular complexity index is 1080. The largest absolute Gasteiger partial charge is 0.388 e. The third-order valence-corrected chi connectivity index (χ3v) is 8.77. The lowest BCUT2D eigenvalue weighted by Crippen LogP contribution is -2.57. The summed E-state index contributed by atoms with van der Waals surface area (Å²) in [4.78, 5) is 45.7. The number of ether oxygens (including phenoxy) is 1. The molecule has 4 aliphatic rings. The fourth-order valence-electron chi connectivity index (χ4n) is 6.49. The topological polar surface area (TPSA) is 165 Å². The number of nitrogens with zero attached hydrogens (tertiary/aromatic N) is 6. The Morgan fingerprint density at radius 1 is 1.10 bits per heavy atom. The molecule has 0 aromatic carbocycles. The molecule has 0 spiro atoms. The van der Waals surface area contributed by atoms with Crippen molar-refractivity contribution in [2.24, 2.45) is 0 Å². The molecule has 2 unspecified atom stereocenters. The molecule has 14 heteroatoms. The van der Waals surface area contributed by atoms with E-state index in [0.717, 1.165) is 18.5 Å². The summed E-state index contributed by atoms with van der Waals surface area (Å²) in [7, 11) is 3.90. The molecule has 3 saturated heterocycles. The highest BCUT2D eigenvalue weighted by Gasteiger charge is 2.45. The van der Waals surface area contributed by atoms with Crippen LogP contribution >= 0.6 is 0 Å². The van der Waals surface area contributed by atoms with Crippen molar-refractivity contribution in [2.75, 3.05) is 46.8 Å². The molecule has 14 nitrogen and oxygen atoms in total. The van der Waals surface area contributed by atoms with Crippen LogP contribution in [0, 0.1) is 0 Å². The first kappa shape index (κ1) is 29.8. The molecule has 2 bridgehead atoms. The van der Waals surface area contributed by atoms with Gasteiger partial charge in [-0.2, -0.15) is 0 Å². The number of piperidine rings is 1. The first-order valence-corrected chi connectivity index (χ1v) is 14.8. The van der Waals surface area contributed by atoms with E-state index in [0.29, 0.717) is 45.1 Å². The number of nitrogens with one attached hydrogen (secondary N) is 2. The first-order valence-electron chi connectivity index (χ1n) is 14.8. The van der Waals surface area contributed by atoms with Crippen molar-refractivity contribution in [3.05, 3.63) is 11.9 Å². The second-order valence-corrected chi connectivity index (χ2v) is 12.1. The monoisotopic (exact) mass is 576 g/mol. The maximum atomic E-state index is 13.7. The minimum Gasteiger partial charge on any atom is -0.388 e. The van der Waals surface area contributed by atoms with Crippen molar-refractivity contribution in [1.82, 2.24) is 40.3 Å². The molecular weight excluding hydrogens is 532 g/mol. The Labute approximate surface area is 240 Å². The number of aromatic nitrogens is 3. The zero-order valence-electron chi connectivity index (χ0n) is 24.0. The molecule has 4 heterocycles. The lowest BCUT2D eigenvalue weighted by molar-refractivity contribution is -0.147. The normalized spacial score (nSPS) is 32.1. The summed E-state index contributed by atoms with van der Waals surface area (Å²) in [5, 5.41) is 36.0. The minimum atomic E-state index is -1.27. The van der Waals surface area contributed by atoms with Gasteiger partial charge in [-0.3, -0.25) is 14.4 Å². The molecule has 1 saturated carbocycles. The molecule has 4 N–H and O–H groups in total. The summed E-state index contributed by atoms with van der Waals surface area (Å²) in [6.07, 6.45) is 2.92. The Hall–Kier alpha value is -2.65. The van der Waals surface area contributed by atoms with Gasteiger partial charge in [0.2, 0.25) is 17.7 Å². The number of amides is 3. The van der Waals surface area contributed by atoms with Gasteiger partial charge in [0.25, 0.3) is 0 Å². The zero-order valence-corrected chi connectivity index (χ0v) is 24.0. The van der Waals surface area contributed by atoms with Gasteiger partial charge in [0.05, 0.1) is 37.0 Å². The molecule has 1 aromatic heterocycles. The number of carbonyl (C=O) groups is 3. The predicted octanol–water partition coefficient (Wildman–Crippen LogP) is -1.76. The van der Waals surface area contributed by atoms with Gasteiger partial charge in [0.1, 0.15) is 24.4 Å². The van der Waals surface area contributed by atoms with Crippen molar-refractivity contribution in [1.29, 1.82) is 0 Å². The molecular formula is C27H44N8O6. The van der Waals surface area contributed by atoms with E-state index in [-0.39, 0.29) is 43.3 Å². The third-order valence-electron chi connectivity index (χ3n) is 8.77. The highest BCUT2D eigenvalue weighted by molar-refractivity contribution is 5.90. The van der Waals surface area contributed by atoms with Gasteiger partial charge in [-0.1, -0.05) is 18.1 Å². The van der Waals surface area contributed by atoms with Crippen LogP contribution in [-0.4, -0.2) is 141 Å². The first-order chi connectivity index (χ1) is 19.7. The maximum Gasteiger partial charge on any atom is 0.242 e. The van der Waals surface area contributed by atoms with E-state index in [1.807, 2.05) is 25.2 Å². The standard InChI is InChI=1S/C27H44N8O6/c1-32(2)14-18-15-35(31-30-18)19-7-9-34-20(11-19)27(40)29-13-22-26(39)25(38)21(41-22)12-23(36)33(16-24(34)37)10-8-28-17-5-3-4-6-17/h15,17,19-22,25-26,28,38-39H,3-14,16H2,1-2H3,(H,29,40)/t19-,20+,21+,22-,25?,26?/m1/s1. The van der Waals surface area contributed by atoms with Gasteiger partial charge in [0, 0.05) is 38.8 Å².